The molecule has 0 amide bonds. The van der Waals surface area contributed by atoms with Crippen molar-refractivity contribution in [2.45, 2.75) is 33.3 Å². The maximum absolute atomic E-state index is 11.1. The number of esters is 1. The molecule has 0 aromatic carbocycles. The summed E-state index contributed by atoms with van der Waals surface area (Å²) in [6.07, 6.45) is -0.00451. The molecular weight excluding hydrogens is 170 g/mol. The van der Waals surface area contributed by atoms with E-state index in [1.54, 1.807) is 0 Å². The molecule has 0 saturated carbocycles. The van der Waals surface area contributed by atoms with Gasteiger partial charge in [-0.1, -0.05) is 25.9 Å². The van der Waals surface area contributed by atoms with Gasteiger partial charge in [0.25, 0.3) is 0 Å². The van der Waals surface area contributed by atoms with E-state index >= 15 is 0 Å². The molecule has 1 rings (SSSR count). The van der Waals surface area contributed by atoms with E-state index in [4.69, 9.17) is 4.84 Å². The molecule has 1 aliphatic heterocycles. The second kappa shape index (κ2) is 3.36. The van der Waals surface area contributed by atoms with E-state index in [1.807, 2.05) is 20.8 Å². The zero-order valence-electron chi connectivity index (χ0n) is 8.46. The Balaban J connectivity index is 2.57. The highest BCUT2D eigenvalue weighted by Crippen LogP contribution is 2.25. The molecule has 0 fully saturated rings. The fourth-order valence-corrected chi connectivity index (χ4v) is 1.08. The van der Waals surface area contributed by atoms with Gasteiger partial charge in [0.15, 0.2) is 0 Å². The average Bonchev–Trinajstić information content (AvgIpc) is 2.50. The Kier molecular flexibility index (Phi) is 2.59. The third-order valence-electron chi connectivity index (χ3n) is 2.00. The molecule has 0 N–H and O–H groups in total. The average molecular weight is 185 g/mol. The van der Waals surface area contributed by atoms with E-state index in [1.165, 1.54) is 7.11 Å². The standard InChI is InChI=1S/C9H15NO3/c1-9(2,3)7-5-6(13-10-7)8(11)12-4/h6H,5H2,1-4H3. The Labute approximate surface area is 77.9 Å². The molecule has 1 aliphatic rings. The lowest BCUT2D eigenvalue weighted by Crippen LogP contribution is -2.25. The SMILES string of the molecule is COC(=O)C1CC(C(C)(C)C)=NO1. The first-order chi connectivity index (χ1) is 5.95. The summed E-state index contributed by atoms with van der Waals surface area (Å²) < 4.78 is 4.56. The maximum Gasteiger partial charge on any atom is 0.350 e. The molecule has 0 bridgehead atoms. The molecule has 0 spiro atoms. The van der Waals surface area contributed by atoms with Gasteiger partial charge in [-0.05, 0) is 0 Å². The fourth-order valence-electron chi connectivity index (χ4n) is 1.08. The number of rotatable bonds is 1. The molecule has 4 nitrogen and oxygen atoms in total. The third kappa shape index (κ3) is 2.20. The molecule has 13 heavy (non-hydrogen) atoms. The number of hydrogen-bond acceptors (Lipinski definition) is 4. The van der Waals surface area contributed by atoms with E-state index in [0.717, 1.165) is 5.71 Å². The third-order valence-corrected chi connectivity index (χ3v) is 2.00. The van der Waals surface area contributed by atoms with E-state index in [9.17, 15) is 4.79 Å². The monoisotopic (exact) mass is 185 g/mol. The van der Waals surface area contributed by atoms with Crippen LogP contribution < -0.4 is 0 Å². The highest BCUT2D eigenvalue weighted by atomic mass is 16.7. The minimum Gasteiger partial charge on any atom is -0.466 e. The normalized spacial score (nSPS) is 22.2. The van der Waals surface area contributed by atoms with Crippen LogP contribution in [0.2, 0.25) is 0 Å². The van der Waals surface area contributed by atoms with Crippen LogP contribution in [-0.2, 0) is 14.4 Å². The van der Waals surface area contributed by atoms with Crippen LogP contribution >= 0.6 is 0 Å². The predicted octanol–water partition coefficient (Wildman–Crippen LogP) is 1.35. The molecule has 0 saturated heterocycles. The van der Waals surface area contributed by atoms with Crippen molar-refractivity contribution >= 4 is 11.7 Å². The summed E-state index contributed by atoms with van der Waals surface area (Å²) in [6.45, 7) is 6.11. The van der Waals surface area contributed by atoms with Crippen molar-refractivity contribution in [1.82, 2.24) is 0 Å². The summed E-state index contributed by atoms with van der Waals surface area (Å²) in [5, 5.41) is 3.87. The lowest BCUT2D eigenvalue weighted by atomic mass is 9.87. The first-order valence-electron chi connectivity index (χ1n) is 4.26. The smallest absolute Gasteiger partial charge is 0.350 e. The molecule has 1 heterocycles. The molecule has 4 heteroatoms. The Hall–Kier alpha value is -1.06. The Morgan fingerprint density at radius 2 is 2.23 bits per heavy atom. The van der Waals surface area contributed by atoms with Gasteiger partial charge in [0.1, 0.15) is 0 Å². The van der Waals surface area contributed by atoms with Crippen molar-refractivity contribution in [2.24, 2.45) is 10.6 Å². The van der Waals surface area contributed by atoms with Crippen LogP contribution in [0.1, 0.15) is 27.2 Å². The number of methoxy groups -OCH3 is 1. The van der Waals surface area contributed by atoms with Gasteiger partial charge >= 0.3 is 5.97 Å². The summed E-state index contributed by atoms with van der Waals surface area (Å²) in [7, 11) is 1.35. The summed E-state index contributed by atoms with van der Waals surface area (Å²) in [5.74, 6) is -0.358. The second-order valence-electron chi connectivity index (χ2n) is 4.11. The van der Waals surface area contributed by atoms with Crippen molar-refractivity contribution < 1.29 is 14.4 Å². The van der Waals surface area contributed by atoms with Crippen LogP contribution in [0.5, 0.6) is 0 Å². The first kappa shape index (κ1) is 10.0. The first-order valence-corrected chi connectivity index (χ1v) is 4.26. The van der Waals surface area contributed by atoms with Gasteiger partial charge in [0.2, 0.25) is 6.10 Å². The number of carbonyl (C=O) groups is 1. The highest BCUT2D eigenvalue weighted by Gasteiger charge is 2.34. The largest absolute Gasteiger partial charge is 0.466 e. The van der Waals surface area contributed by atoms with E-state index in [0.29, 0.717) is 6.42 Å². The summed E-state index contributed by atoms with van der Waals surface area (Å²) in [6, 6.07) is 0. The summed E-state index contributed by atoms with van der Waals surface area (Å²) in [5.41, 5.74) is 0.867. The minimum atomic E-state index is -0.542. The van der Waals surface area contributed by atoms with E-state index in [-0.39, 0.29) is 11.4 Å². The number of oxime groups is 1. The van der Waals surface area contributed by atoms with Crippen LogP contribution in [-0.4, -0.2) is 24.9 Å². The van der Waals surface area contributed by atoms with Crippen LogP contribution in [0.4, 0.5) is 0 Å². The van der Waals surface area contributed by atoms with Crippen molar-refractivity contribution in [2.75, 3.05) is 7.11 Å². The Bertz CT molecular complexity index is 240. The summed E-state index contributed by atoms with van der Waals surface area (Å²) in [4.78, 5) is 16.0. The van der Waals surface area contributed by atoms with Crippen LogP contribution in [0, 0.1) is 5.41 Å². The van der Waals surface area contributed by atoms with Gasteiger partial charge in [-0.15, -0.1) is 0 Å². The summed E-state index contributed by atoms with van der Waals surface area (Å²) >= 11 is 0. The highest BCUT2D eigenvalue weighted by molar-refractivity contribution is 5.94. The van der Waals surface area contributed by atoms with Gasteiger partial charge in [-0.25, -0.2) is 4.79 Å². The lowest BCUT2D eigenvalue weighted by molar-refractivity contribution is -0.152. The van der Waals surface area contributed by atoms with E-state index in [2.05, 4.69) is 9.89 Å². The molecule has 74 valence electrons. The second-order valence-corrected chi connectivity index (χ2v) is 4.11. The van der Waals surface area contributed by atoms with Gasteiger partial charge in [-0.3, -0.25) is 0 Å². The van der Waals surface area contributed by atoms with Crippen molar-refractivity contribution in [3.63, 3.8) is 0 Å². The Morgan fingerprint density at radius 3 is 2.62 bits per heavy atom. The molecule has 0 radical (unpaired) electrons. The topological polar surface area (TPSA) is 47.9 Å². The van der Waals surface area contributed by atoms with Gasteiger partial charge in [-0.2, -0.15) is 0 Å². The van der Waals surface area contributed by atoms with Gasteiger partial charge < -0.3 is 9.57 Å². The molecule has 0 aromatic rings. The molecular formula is C9H15NO3. The molecule has 1 unspecified atom stereocenters. The fraction of sp³-hybridized carbons (Fsp3) is 0.778. The predicted molar refractivity (Wildman–Crippen MR) is 48.4 cm³/mol. The van der Waals surface area contributed by atoms with E-state index < -0.39 is 6.10 Å². The number of nitrogens with zero attached hydrogens (tertiary/aromatic N) is 1. The minimum absolute atomic E-state index is 0.0389. The van der Waals surface area contributed by atoms with Crippen LogP contribution in [0.3, 0.4) is 0 Å². The Morgan fingerprint density at radius 1 is 1.62 bits per heavy atom. The zero-order valence-corrected chi connectivity index (χ0v) is 8.46. The van der Waals surface area contributed by atoms with Crippen molar-refractivity contribution in [3.8, 4) is 0 Å². The van der Waals surface area contributed by atoms with Crippen LogP contribution in [0.15, 0.2) is 5.16 Å². The number of hydrogen-bond donors (Lipinski definition) is 0. The number of ether oxygens (including phenoxy) is 1. The van der Waals surface area contributed by atoms with Gasteiger partial charge in [0, 0.05) is 11.8 Å². The van der Waals surface area contributed by atoms with Crippen LogP contribution in [0.25, 0.3) is 0 Å². The zero-order chi connectivity index (χ0) is 10.1. The maximum atomic E-state index is 11.1. The molecule has 0 aromatic heterocycles. The lowest BCUT2D eigenvalue weighted by Gasteiger charge is -2.16. The van der Waals surface area contributed by atoms with Crippen molar-refractivity contribution in [1.29, 1.82) is 0 Å². The molecule has 0 aliphatic carbocycles. The quantitative estimate of drug-likeness (QED) is 0.579. The van der Waals surface area contributed by atoms with Gasteiger partial charge in [0.05, 0.1) is 12.8 Å². The van der Waals surface area contributed by atoms with Crippen molar-refractivity contribution in [3.05, 3.63) is 0 Å². The molecule has 1 atom stereocenters. The number of carbonyl (C=O) groups excluding carboxylic acids is 1.